The molecule has 0 radical (unpaired) electrons. The van der Waals surface area contributed by atoms with Gasteiger partial charge in [-0.15, -0.1) is 0 Å². The molecule has 26 heavy (non-hydrogen) atoms. The van der Waals surface area contributed by atoms with Crippen LogP contribution in [0.1, 0.15) is 28.4 Å². The van der Waals surface area contributed by atoms with E-state index in [1.54, 1.807) is 24.3 Å². The number of hydrogen-bond donors (Lipinski definition) is 0. The first-order valence-corrected chi connectivity index (χ1v) is 8.75. The van der Waals surface area contributed by atoms with Crippen LogP contribution >= 0.6 is 11.6 Å². The van der Waals surface area contributed by atoms with E-state index in [1.165, 1.54) is 0 Å². The molecule has 3 rings (SSSR count). The average molecular weight is 363 g/mol. The summed E-state index contributed by atoms with van der Waals surface area (Å²) >= 11 is 6.10. The summed E-state index contributed by atoms with van der Waals surface area (Å²) in [6, 6.07) is 24.8. The summed E-state index contributed by atoms with van der Waals surface area (Å²) in [4.78, 5) is 12.5. The molecule has 0 saturated carbocycles. The third kappa shape index (κ3) is 4.62. The van der Waals surface area contributed by atoms with E-state index in [-0.39, 0.29) is 5.78 Å². The van der Waals surface area contributed by atoms with Gasteiger partial charge in [-0.25, -0.2) is 0 Å². The van der Waals surface area contributed by atoms with Crippen LogP contribution < -0.4 is 4.74 Å². The molecule has 2 nitrogen and oxygen atoms in total. The minimum absolute atomic E-state index is 0.108. The highest BCUT2D eigenvalue weighted by Crippen LogP contribution is 2.23. The van der Waals surface area contributed by atoms with E-state index in [0.29, 0.717) is 17.2 Å². The van der Waals surface area contributed by atoms with Gasteiger partial charge in [0.15, 0.2) is 5.78 Å². The number of ether oxygens (including phenoxy) is 1. The summed E-state index contributed by atoms with van der Waals surface area (Å²) in [6.07, 6.45) is 1.61. The molecule has 130 valence electrons. The van der Waals surface area contributed by atoms with E-state index in [9.17, 15) is 4.79 Å². The van der Waals surface area contributed by atoms with Crippen molar-refractivity contribution in [2.75, 3.05) is 0 Å². The fourth-order valence-electron chi connectivity index (χ4n) is 2.59. The van der Waals surface area contributed by atoms with Crippen LogP contribution in [0.2, 0.25) is 5.02 Å². The molecule has 0 unspecified atom stereocenters. The molecule has 0 N–H and O–H groups in total. The maximum absolute atomic E-state index is 12.5. The number of carbonyl (C=O) groups is 1. The quantitative estimate of drug-likeness (QED) is 0.385. The maximum Gasteiger partial charge on any atom is 0.187 e. The number of benzene rings is 3. The first-order valence-electron chi connectivity index (χ1n) is 8.38. The highest BCUT2D eigenvalue weighted by atomic mass is 35.5. The number of rotatable bonds is 6. The van der Waals surface area contributed by atoms with Gasteiger partial charge in [0.1, 0.15) is 12.4 Å². The molecule has 3 aromatic rings. The Morgan fingerprint density at radius 2 is 1.69 bits per heavy atom. The van der Waals surface area contributed by atoms with E-state index in [2.05, 4.69) is 0 Å². The third-order valence-electron chi connectivity index (χ3n) is 4.02. The number of hydrogen-bond acceptors (Lipinski definition) is 2. The van der Waals surface area contributed by atoms with Crippen LogP contribution in [0.4, 0.5) is 0 Å². The zero-order chi connectivity index (χ0) is 18.4. The smallest absolute Gasteiger partial charge is 0.187 e. The van der Waals surface area contributed by atoms with Crippen LogP contribution in [0.15, 0.2) is 84.9 Å². The highest BCUT2D eigenvalue weighted by molar-refractivity contribution is 6.34. The van der Waals surface area contributed by atoms with Gasteiger partial charge in [0.2, 0.25) is 0 Å². The second kappa shape index (κ2) is 8.50. The summed E-state index contributed by atoms with van der Waals surface area (Å²) in [5.41, 5.74) is 3.42. The number of ketones is 1. The Labute approximate surface area is 158 Å². The third-order valence-corrected chi connectivity index (χ3v) is 4.35. The molecule has 0 aliphatic heterocycles. The van der Waals surface area contributed by atoms with Gasteiger partial charge < -0.3 is 4.74 Å². The second-order valence-electron chi connectivity index (χ2n) is 5.97. The van der Waals surface area contributed by atoms with E-state index in [0.717, 1.165) is 22.4 Å². The van der Waals surface area contributed by atoms with Gasteiger partial charge in [-0.05, 0) is 54.0 Å². The van der Waals surface area contributed by atoms with Crippen molar-refractivity contribution in [3.63, 3.8) is 0 Å². The lowest BCUT2D eigenvalue weighted by molar-refractivity contribution is 0.104. The van der Waals surface area contributed by atoms with Gasteiger partial charge in [-0.1, -0.05) is 66.2 Å². The summed E-state index contributed by atoms with van der Waals surface area (Å²) in [5.74, 6) is 0.660. The Hall–Kier alpha value is -2.84. The van der Waals surface area contributed by atoms with Crippen molar-refractivity contribution >= 4 is 23.0 Å². The lowest BCUT2D eigenvalue weighted by Gasteiger charge is -2.09. The molecule has 0 aliphatic rings. The van der Waals surface area contributed by atoms with Crippen molar-refractivity contribution in [2.45, 2.75) is 13.5 Å². The van der Waals surface area contributed by atoms with Crippen molar-refractivity contribution in [1.82, 2.24) is 0 Å². The Morgan fingerprint density at radius 3 is 2.46 bits per heavy atom. The zero-order valence-electron chi connectivity index (χ0n) is 14.5. The topological polar surface area (TPSA) is 26.3 Å². The van der Waals surface area contributed by atoms with Crippen molar-refractivity contribution in [1.29, 1.82) is 0 Å². The van der Waals surface area contributed by atoms with Crippen molar-refractivity contribution in [2.24, 2.45) is 0 Å². The number of allylic oxidation sites excluding steroid dienone is 2. The molecular formula is C23H19ClO2. The Morgan fingerprint density at radius 1 is 0.962 bits per heavy atom. The lowest BCUT2D eigenvalue weighted by Crippen LogP contribution is -1.97. The van der Waals surface area contributed by atoms with E-state index in [4.69, 9.17) is 16.3 Å². The van der Waals surface area contributed by atoms with Crippen LogP contribution in [-0.2, 0) is 6.61 Å². The van der Waals surface area contributed by atoms with Crippen LogP contribution in [0.3, 0.4) is 0 Å². The lowest BCUT2D eigenvalue weighted by atomic mass is 10.0. The monoisotopic (exact) mass is 362 g/mol. The normalized spacial score (nSPS) is 11.2. The fourth-order valence-corrected chi connectivity index (χ4v) is 2.82. The maximum atomic E-state index is 12.5. The molecule has 0 amide bonds. The van der Waals surface area contributed by atoms with Gasteiger partial charge >= 0.3 is 0 Å². The summed E-state index contributed by atoms with van der Waals surface area (Å²) in [6.45, 7) is 2.41. The molecule has 0 bridgehead atoms. The van der Waals surface area contributed by atoms with Gasteiger partial charge in [0, 0.05) is 5.56 Å². The van der Waals surface area contributed by atoms with E-state index < -0.39 is 0 Å². The number of halogens is 1. The number of carbonyl (C=O) groups excluding carboxylic acids is 1. The minimum Gasteiger partial charge on any atom is -0.489 e. The largest absolute Gasteiger partial charge is 0.489 e. The molecule has 0 atom stereocenters. The van der Waals surface area contributed by atoms with Gasteiger partial charge in [-0.2, -0.15) is 0 Å². The van der Waals surface area contributed by atoms with Crippen LogP contribution in [0, 0.1) is 0 Å². The molecule has 0 saturated heterocycles. The van der Waals surface area contributed by atoms with Gasteiger partial charge in [0.05, 0.1) is 5.02 Å². The Kier molecular flexibility index (Phi) is 5.88. The SMILES string of the molecule is CC(=CC(=O)c1ccccc1Cl)c1cccc(OCc2ccccc2)c1. The van der Waals surface area contributed by atoms with Crippen LogP contribution in [-0.4, -0.2) is 5.78 Å². The summed E-state index contributed by atoms with van der Waals surface area (Å²) < 4.78 is 5.86. The molecule has 0 fully saturated rings. The second-order valence-corrected chi connectivity index (χ2v) is 6.38. The van der Waals surface area contributed by atoms with Crippen LogP contribution in [0.5, 0.6) is 5.75 Å². The summed E-state index contributed by atoms with van der Waals surface area (Å²) in [7, 11) is 0. The van der Waals surface area contributed by atoms with Crippen molar-refractivity contribution in [3.8, 4) is 5.75 Å². The first-order chi connectivity index (χ1) is 12.6. The Balaban J connectivity index is 1.74. The highest BCUT2D eigenvalue weighted by Gasteiger charge is 2.08. The molecule has 3 aromatic carbocycles. The summed E-state index contributed by atoms with van der Waals surface area (Å²) in [5, 5.41) is 0.460. The van der Waals surface area contributed by atoms with E-state index >= 15 is 0 Å². The molecule has 0 heterocycles. The Bertz CT molecular complexity index is 930. The fraction of sp³-hybridized carbons (Fsp3) is 0.0870. The predicted octanol–water partition coefficient (Wildman–Crippen LogP) is 6.21. The predicted molar refractivity (Wildman–Crippen MR) is 107 cm³/mol. The average Bonchev–Trinajstić information content (AvgIpc) is 2.67. The van der Waals surface area contributed by atoms with Gasteiger partial charge in [0.25, 0.3) is 0 Å². The van der Waals surface area contributed by atoms with Gasteiger partial charge in [-0.3, -0.25) is 4.79 Å². The zero-order valence-corrected chi connectivity index (χ0v) is 15.2. The molecule has 3 heteroatoms. The van der Waals surface area contributed by atoms with Crippen LogP contribution in [0.25, 0.3) is 5.57 Å². The first kappa shape index (κ1) is 18.0. The minimum atomic E-state index is -0.108. The van der Waals surface area contributed by atoms with E-state index in [1.807, 2.05) is 67.6 Å². The van der Waals surface area contributed by atoms with Crippen molar-refractivity contribution in [3.05, 3.63) is 107 Å². The molecular weight excluding hydrogens is 344 g/mol. The molecule has 0 aromatic heterocycles. The molecule has 0 aliphatic carbocycles. The van der Waals surface area contributed by atoms with Crippen molar-refractivity contribution < 1.29 is 9.53 Å². The standard InChI is InChI=1S/C23H19ClO2/c1-17(14-23(25)21-12-5-6-13-22(21)24)19-10-7-11-20(15-19)26-16-18-8-3-2-4-9-18/h2-15H,16H2,1H3. The molecule has 0 spiro atoms.